The third-order valence-electron chi connectivity index (χ3n) is 4.26. The molecule has 1 aromatic heterocycles. The summed E-state index contributed by atoms with van der Waals surface area (Å²) >= 11 is 1.40. The summed E-state index contributed by atoms with van der Waals surface area (Å²) in [7, 11) is 0. The molecule has 0 aliphatic carbocycles. The molecule has 0 bridgehead atoms. The number of benzene rings is 1. The molecular formula is C17H21N5O3S. The van der Waals surface area contributed by atoms with Crippen LogP contribution in [0.2, 0.25) is 0 Å². The molecule has 0 radical (unpaired) electrons. The Balaban J connectivity index is 1.46. The fourth-order valence-electron chi connectivity index (χ4n) is 2.67. The minimum Gasteiger partial charge on any atom is -0.478 e. The number of aromatic nitrogens is 2. The number of aryl methyl sites for hydroxylation is 1. The van der Waals surface area contributed by atoms with E-state index in [4.69, 9.17) is 5.11 Å². The standard InChI is InChI=1S/C17H21N5O3S/c1-2-14-19-17(26-20-14)22-9-7-21(8-10-22)16(25)18-11-12-3-5-13(6-4-12)15(23)24/h3-6H,2,7-11H2,1H3,(H,18,25)(H,23,24). The third kappa shape index (κ3) is 4.29. The van der Waals surface area contributed by atoms with Gasteiger partial charge >= 0.3 is 12.0 Å². The number of urea groups is 1. The average molecular weight is 375 g/mol. The number of nitrogens with one attached hydrogen (secondary N) is 1. The van der Waals surface area contributed by atoms with Gasteiger partial charge in [-0.15, -0.1) is 0 Å². The van der Waals surface area contributed by atoms with Crippen LogP contribution in [0.3, 0.4) is 0 Å². The predicted molar refractivity (Wildman–Crippen MR) is 98.7 cm³/mol. The molecular weight excluding hydrogens is 354 g/mol. The van der Waals surface area contributed by atoms with Crippen LogP contribution in [0, 0.1) is 0 Å². The van der Waals surface area contributed by atoms with Crippen molar-refractivity contribution < 1.29 is 14.7 Å². The Kier molecular flexibility index (Phi) is 5.67. The highest BCUT2D eigenvalue weighted by Crippen LogP contribution is 2.19. The summed E-state index contributed by atoms with van der Waals surface area (Å²) in [6, 6.07) is 6.38. The Morgan fingerprint density at radius 2 is 1.88 bits per heavy atom. The summed E-state index contributed by atoms with van der Waals surface area (Å²) in [5.74, 6) is -0.0981. The maximum Gasteiger partial charge on any atom is 0.335 e. The lowest BCUT2D eigenvalue weighted by Gasteiger charge is -2.34. The van der Waals surface area contributed by atoms with Gasteiger partial charge in [-0.05, 0) is 17.7 Å². The highest BCUT2D eigenvalue weighted by molar-refractivity contribution is 7.09. The number of carboxylic acids is 1. The molecule has 1 aromatic carbocycles. The first-order valence-electron chi connectivity index (χ1n) is 8.49. The molecule has 0 atom stereocenters. The second kappa shape index (κ2) is 8.13. The van der Waals surface area contributed by atoms with Crippen LogP contribution in [-0.2, 0) is 13.0 Å². The van der Waals surface area contributed by atoms with Crippen LogP contribution in [0.15, 0.2) is 24.3 Å². The fraction of sp³-hybridized carbons (Fsp3) is 0.412. The van der Waals surface area contributed by atoms with Crippen LogP contribution < -0.4 is 10.2 Å². The van der Waals surface area contributed by atoms with Crippen molar-refractivity contribution in [2.45, 2.75) is 19.9 Å². The number of nitrogens with zero attached hydrogens (tertiary/aromatic N) is 4. The maximum atomic E-state index is 12.3. The molecule has 2 amide bonds. The molecule has 8 nitrogen and oxygen atoms in total. The molecule has 2 N–H and O–H groups in total. The van der Waals surface area contributed by atoms with Gasteiger partial charge in [-0.3, -0.25) is 0 Å². The van der Waals surface area contributed by atoms with E-state index in [-0.39, 0.29) is 11.6 Å². The number of amides is 2. The minimum absolute atomic E-state index is 0.113. The number of carboxylic acid groups (broad SMARTS) is 1. The zero-order chi connectivity index (χ0) is 18.5. The molecule has 2 heterocycles. The Morgan fingerprint density at radius 3 is 2.46 bits per heavy atom. The van der Waals surface area contributed by atoms with Gasteiger partial charge < -0.3 is 20.2 Å². The topological polar surface area (TPSA) is 98.7 Å². The number of rotatable bonds is 5. The summed E-state index contributed by atoms with van der Waals surface area (Å²) in [5, 5.41) is 12.7. The summed E-state index contributed by atoms with van der Waals surface area (Å²) in [6.07, 6.45) is 0.826. The number of carbonyl (C=O) groups is 2. The van der Waals surface area contributed by atoms with E-state index in [1.807, 2.05) is 6.92 Å². The van der Waals surface area contributed by atoms with Gasteiger partial charge in [0.05, 0.1) is 5.56 Å². The second-order valence-corrected chi connectivity index (χ2v) is 6.71. The van der Waals surface area contributed by atoms with Crippen molar-refractivity contribution in [3.63, 3.8) is 0 Å². The van der Waals surface area contributed by atoms with E-state index in [0.717, 1.165) is 36.0 Å². The molecule has 2 aromatic rings. The van der Waals surface area contributed by atoms with E-state index in [1.54, 1.807) is 17.0 Å². The van der Waals surface area contributed by atoms with E-state index >= 15 is 0 Å². The number of anilines is 1. The molecule has 1 aliphatic rings. The number of piperazine rings is 1. The zero-order valence-corrected chi connectivity index (χ0v) is 15.3. The van der Waals surface area contributed by atoms with Crippen LogP contribution in [0.5, 0.6) is 0 Å². The molecule has 0 unspecified atom stereocenters. The first kappa shape index (κ1) is 18.1. The van der Waals surface area contributed by atoms with Gasteiger partial charge in [-0.1, -0.05) is 19.1 Å². The van der Waals surface area contributed by atoms with Crippen LogP contribution in [-0.4, -0.2) is 57.5 Å². The van der Waals surface area contributed by atoms with Crippen molar-refractivity contribution >= 4 is 28.7 Å². The highest BCUT2D eigenvalue weighted by Gasteiger charge is 2.23. The van der Waals surface area contributed by atoms with Crippen molar-refractivity contribution in [1.29, 1.82) is 0 Å². The van der Waals surface area contributed by atoms with Gasteiger partial charge in [0.1, 0.15) is 5.82 Å². The van der Waals surface area contributed by atoms with Crippen LogP contribution >= 0.6 is 11.5 Å². The van der Waals surface area contributed by atoms with Gasteiger partial charge in [-0.25, -0.2) is 14.6 Å². The van der Waals surface area contributed by atoms with Crippen molar-refractivity contribution in [3.05, 3.63) is 41.2 Å². The number of hydrogen-bond donors (Lipinski definition) is 2. The second-order valence-electron chi connectivity index (χ2n) is 5.98. The summed E-state index contributed by atoms with van der Waals surface area (Å²) in [4.78, 5) is 31.6. The largest absolute Gasteiger partial charge is 0.478 e. The lowest BCUT2D eigenvalue weighted by molar-refractivity contribution is 0.0697. The van der Waals surface area contributed by atoms with E-state index in [0.29, 0.717) is 19.6 Å². The smallest absolute Gasteiger partial charge is 0.335 e. The molecule has 0 saturated carbocycles. The molecule has 138 valence electrons. The quantitative estimate of drug-likeness (QED) is 0.827. The van der Waals surface area contributed by atoms with Crippen LogP contribution in [0.4, 0.5) is 9.93 Å². The van der Waals surface area contributed by atoms with Crippen molar-refractivity contribution in [1.82, 2.24) is 19.6 Å². The van der Waals surface area contributed by atoms with Gasteiger partial charge in [0.25, 0.3) is 0 Å². The number of carbonyl (C=O) groups excluding carboxylic acids is 1. The van der Waals surface area contributed by atoms with E-state index in [1.165, 1.54) is 23.7 Å². The number of aromatic carboxylic acids is 1. The lowest BCUT2D eigenvalue weighted by Crippen LogP contribution is -2.51. The average Bonchev–Trinajstić information content (AvgIpc) is 3.16. The maximum absolute atomic E-state index is 12.3. The van der Waals surface area contributed by atoms with Crippen molar-refractivity contribution in [2.24, 2.45) is 0 Å². The molecule has 9 heteroatoms. The molecule has 0 spiro atoms. The first-order chi connectivity index (χ1) is 12.6. The van der Waals surface area contributed by atoms with Gasteiger partial charge in [-0.2, -0.15) is 4.37 Å². The zero-order valence-electron chi connectivity index (χ0n) is 14.5. The van der Waals surface area contributed by atoms with E-state index < -0.39 is 5.97 Å². The molecule has 1 fully saturated rings. The van der Waals surface area contributed by atoms with Crippen LogP contribution in [0.1, 0.15) is 28.7 Å². The van der Waals surface area contributed by atoms with Crippen LogP contribution in [0.25, 0.3) is 0 Å². The molecule has 26 heavy (non-hydrogen) atoms. The summed E-state index contributed by atoms with van der Waals surface area (Å²) < 4.78 is 4.30. The molecule has 1 saturated heterocycles. The summed E-state index contributed by atoms with van der Waals surface area (Å²) in [6.45, 7) is 5.13. The molecule has 3 rings (SSSR count). The van der Waals surface area contributed by atoms with Crippen molar-refractivity contribution in [2.75, 3.05) is 31.1 Å². The van der Waals surface area contributed by atoms with Gasteiger partial charge in [0.15, 0.2) is 0 Å². The van der Waals surface area contributed by atoms with E-state index in [2.05, 4.69) is 19.6 Å². The lowest BCUT2D eigenvalue weighted by atomic mass is 10.1. The number of hydrogen-bond acceptors (Lipinski definition) is 6. The Labute approximate surface area is 155 Å². The third-order valence-corrected chi connectivity index (χ3v) is 5.07. The summed E-state index contributed by atoms with van der Waals surface area (Å²) in [5.41, 5.74) is 1.10. The SMILES string of the molecule is CCc1nsc(N2CCN(C(=O)NCc3ccc(C(=O)O)cc3)CC2)n1. The predicted octanol–water partition coefficient (Wildman–Crippen LogP) is 1.83. The Bertz CT molecular complexity index is 769. The first-order valence-corrected chi connectivity index (χ1v) is 9.26. The van der Waals surface area contributed by atoms with Gasteiger partial charge in [0.2, 0.25) is 5.13 Å². The molecule has 1 aliphatic heterocycles. The minimum atomic E-state index is -0.958. The highest BCUT2D eigenvalue weighted by atomic mass is 32.1. The monoisotopic (exact) mass is 375 g/mol. The van der Waals surface area contributed by atoms with E-state index in [9.17, 15) is 9.59 Å². The van der Waals surface area contributed by atoms with Crippen molar-refractivity contribution in [3.8, 4) is 0 Å². The Morgan fingerprint density at radius 1 is 1.19 bits per heavy atom. The fourth-order valence-corrected chi connectivity index (χ4v) is 3.47. The Hall–Kier alpha value is -2.68. The normalized spacial score (nSPS) is 14.3. The van der Waals surface area contributed by atoms with Gasteiger partial charge in [0, 0.05) is 50.7 Å².